The highest BCUT2D eigenvalue weighted by atomic mass is 35.5. The number of esters is 1. The Labute approximate surface area is 124 Å². The van der Waals surface area contributed by atoms with Gasteiger partial charge < -0.3 is 10.1 Å². The summed E-state index contributed by atoms with van der Waals surface area (Å²) in [6.45, 7) is 8.77. The lowest BCUT2D eigenvalue weighted by atomic mass is 10.1. The second kappa shape index (κ2) is 6.27. The Balaban J connectivity index is 2.72. The molecule has 0 saturated heterocycles. The van der Waals surface area contributed by atoms with Crippen molar-refractivity contribution in [3.63, 3.8) is 0 Å². The fraction of sp³-hybridized carbons (Fsp3) is 0.467. The molecule has 0 aromatic heterocycles. The number of nitrogens with one attached hydrogen (secondary N) is 1. The summed E-state index contributed by atoms with van der Waals surface area (Å²) in [6, 6.07) is 4.31. The molecule has 20 heavy (non-hydrogen) atoms. The van der Waals surface area contributed by atoms with Crippen molar-refractivity contribution in [2.45, 2.75) is 46.3 Å². The summed E-state index contributed by atoms with van der Waals surface area (Å²) in [4.78, 5) is 23.8. The molecule has 1 rings (SSSR count). The van der Waals surface area contributed by atoms with E-state index in [1.807, 2.05) is 6.92 Å². The first-order valence-corrected chi connectivity index (χ1v) is 6.77. The van der Waals surface area contributed by atoms with Crippen molar-refractivity contribution in [3.8, 4) is 0 Å². The van der Waals surface area contributed by atoms with E-state index in [2.05, 4.69) is 5.32 Å². The highest BCUT2D eigenvalue weighted by Gasteiger charge is 2.23. The van der Waals surface area contributed by atoms with Crippen molar-refractivity contribution < 1.29 is 14.3 Å². The van der Waals surface area contributed by atoms with Gasteiger partial charge in [-0.1, -0.05) is 11.6 Å². The van der Waals surface area contributed by atoms with Crippen molar-refractivity contribution in [1.82, 2.24) is 5.32 Å². The summed E-state index contributed by atoms with van der Waals surface area (Å²) >= 11 is 5.91. The second-order valence-corrected chi connectivity index (χ2v) is 6.18. The minimum Gasteiger partial charge on any atom is -0.458 e. The van der Waals surface area contributed by atoms with Gasteiger partial charge in [-0.05, 0) is 58.4 Å². The summed E-state index contributed by atoms with van der Waals surface area (Å²) < 4.78 is 5.20. The fourth-order valence-electron chi connectivity index (χ4n) is 1.60. The van der Waals surface area contributed by atoms with E-state index in [1.165, 1.54) is 0 Å². The van der Waals surface area contributed by atoms with E-state index in [-0.39, 0.29) is 5.91 Å². The number of benzene rings is 1. The van der Waals surface area contributed by atoms with E-state index in [1.54, 1.807) is 45.9 Å². The third kappa shape index (κ3) is 5.21. The quantitative estimate of drug-likeness (QED) is 0.872. The highest BCUT2D eigenvalue weighted by Crippen LogP contribution is 2.15. The predicted octanol–water partition coefficient (Wildman–Crippen LogP) is 3.11. The van der Waals surface area contributed by atoms with Crippen LogP contribution < -0.4 is 5.32 Å². The maximum absolute atomic E-state index is 12.1. The first kappa shape index (κ1) is 16.5. The van der Waals surface area contributed by atoms with Gasteiger partial charge in [-0.15, -0.1) is 0 Å². The number of amides is 1. The molecular weight excluding hydrogens is 278 g/mol. The molecule has 1 aromatic rings. The number of carbonyl (C=O) groups is 2. The van der Waals surface area contributed by atoms with Gasteiger partial charge in [0.05, 0.1) is 0 Å². The Morgan fingerprint density at radius 3 is 2.35 bits per heavy atom. The highest BCUT2D eigenvalue weighted by molar-refractivity contribution is 6.31. The van der Waals surface area contributed by atoms with Crippen LogP contribution in [0.2, 0.25) is 5.02 Å². The Hall–Kier alpha value is -1.55. The van der Waals surface area contributed by atoms with Gasteiger partial charge in [-0.2, -0.15) is 0 Å². The Kier molecular flexibility index (Phi) is 5.17. The van der Waals surface area contributed by atoms with Gasteiger partial charge in [0.1, 0.15) is 11.6 Å². The zero-order valence-corrected chi connectivity index (χ0v) is 13.2. The molecule has 1 N–H and O–H groups in total. The monoisotopic (exact) mass is 297 g/mol. The number of hydrogen-bond donors (Lipinski definition) is 1. The van der Waals surface area contributed by atoms with Gasteiger partial charge in [-0.25, -0.2) is 4.79 Å². The van der Waals surface area contributed by atoms with Gasteiger partial charge in [-0.3, -0.25) is 4.79 Å². The van der Waals surface area contributed by atoms with Crippen molar-refractivity contribution in [2.75, 3.05) is 0 Å². The van der Waals surface area contributed by atoms with E-state index in [0.29, 0.717) is 10.6 Å². The number of aryl methyl sites for hydroxylation is 1. The van der Waals surface area contributed by atoms with Crippen LogP contribution >= 0.6 is 11.6 Å². The van der Waals surface area contributed by atoms with Crippen LogP contribution in [0.25, 0.3) is 0 Å². The first-order chi connectivity index (χ1) is 9.08. The lowest BCUT2D eigenvalue weighted by Crippen LogP contribution is -2.42. The maximum atomic E-state index is 12.1. The largest absolute Gasteiger partial charge is 0.458 e. The lowest BCUT2D eigenvalue weighted by Gasteiger charge is -2.22. The molecule has 1 aromatic carbocycles. The molecule has 0 heterocycles. The Morgan fingerprint density at radius 1 is 1.25 bits per heavy atom. The molecule has 110 valence electrons. The standard InChI is InChI=1S/C15H20ClNO3/c1-9-6-11(8-12(16)7-9)13(18)17-10(2)14(19)20-15(3,4)5/h6-8,10H,1-5H3,(H,17,18)/t10-/m0/s1. The van der Waals surface area contributed by atoms with Gasteiger partial charge in [0.25, 0.3) is 5.91 Å². The van der Waals surface area contributed by atoms with Crippen LogP contribution in [0.3, 0.4) is 0 Å². The predicted molar refractivity (Wildman–Crippen MR) is 79.0 cm³/mol. The van der Waals surface area contributed by atoms with Gasteiger partial charge in [0.2, 0.25) is 0 Å². The summed E-state index contributed by atoms with van der Waals surface area (Å²) in [5.41, 5.74) is 0.723. The molecule has 4 nitrogen and oxygen atoms in total. The Morgan fingerprint density at radius 2 is 1.85 bits per heavy atom. The molecular formula is C15H20ClNO3. The summed E-state index contributed by atoms with van der Waals surface area (Å²) in [5.74, 6) is -0.821. The average Bonchev–Trinajstić information content (AvgIpc) is 2.25. The summed E-state index contributed by atoms with van der Waals surface area (Å²) in [6.07, 6.45) is 0. The van der Waals surface area contributed by atoms with Crippen molar-refractivity contribution in [1.29, 1.82) is 0 Å². The fourth-order valence-corrected chi connectivity index (χ4v) is 1.89. The summed E-state index contributed by atoms with van der Waals surface area (Å²) in [5, 5.41) is 3.09. The molecule has 1 amide bonds. The minimum absolute atomic E-state index is 0.353. The Bertz CT molecular complexity index is 500. The van der Waals surface area contributed by atoms with Crippen LogP contribution in [0.15, 0.2) is 18.2 Å². The molecule has 0 bridgehead atoms. The van der Waals surface area contributed by atoms with E-state index >= 15 is 0 Å². The van der Waals surface area contributed by atoms with E-state index in [9.17, 15) is 9.59 Å². The van der Waals surface area contributed by atoms with Crippen LogP contribution in [0.4, 0.5) is 0 Å². The molecule has 1 atom stereocenters. The number of ether oxygens (including phenoxy) is 1. The third-order valence-corrected chi connectivity index (χ3v) is 2.63. The molecule has 0 fully saturated rings. The molecule has 0 spiro atoms. The zero-order valence-electron chi connectivity index (χ0n) is 12.4. The number of hydrogen-bond acceptors (Lipinski definition) is 3. The molecule has 0 saturated carbocycles. The van der Waals surface area contributed by atoms with Gasteiger partial charge >= 0.3 is 5.97 Å². The van der Waals surface area contributed by atoms with Crippen LogP contribution in [-0.2, 0) is 9.53 Å². The van der Waals surface area contributed by atoms with E-state index in [4.69, 9.17) is 16.3 Å². The molecule has 0 radical (unpaired) electrons. The molecule has 0 aliphatic rings. The molecule has 0 aliphatic heterocycles. The third-order valence-electron chi connectivity index (χ3n) is 2.41. The SMILES string of the molecule is Cc1cc(Cl)cc(C(=O)N[C@@H](C)C(=O)OC(C)(C)C)c1. The van der Waals surface area contributed by atoms with Crippen LogP contribution in [0.1, 0.15) is 43.6 Å². The average molecular weight is 298 g/mol. The van der Waals surface area contributed by atoms with E-state index in [0.717, 1.165) is 5.56 Å². The second-order valence-electron chi connectivity index (χ2n) is 5.75. The van der Waals surface area contributed by atoms with Gasteiger partial charge in [0.15, 0.2) is 0 Å². The molecule has 0 aliphatic carbocycles. The first-order valence-electron chi connectivity index (χ1n) is 6.39. The lowest BCUT2D eigenvalue weighted by molar-refractivity contribution is -0.156. The van der Waals surface area contributed by atoms with Crippen molar-refractivity contribution >= 4 is 23.5 Å². The molecule has 0 unspecified atom stereocenters. The summed E-state index contributed by atoms with van der Waals surface area (Å²) in [7, 11) is 0. The van der Waals surface area contributed by atoms with E-state index < -0.39 is 17.6 Å². The maximum Gasteiger partial charge on any atom is 0.328 e. The van der Waals surface area contributed by atoms with Crippen LogP contribution in [0, 0.1) is 6.92 Å². The van der Waals surface area contributed by atoms with Crippen LogP contribution in [0.5, 0.6) is 0 Å². The topological polar surface area (TPSA) is 55.4 Å². The number of halogens is 1. The van der Waals surface area contributed by atoms with Crippen molar-refractivity contribution in [3.05, 3.63) is 34.3 Å². The molecule has 5 heteroatoms. The minimum atomic E-state index is -0.721. The zero-order chi connectivity index (χ0) is 15.5. The number of carbonyl (C=O) groups excluding carboxylic acids is 2. The van der Waals surface area contributed by atoms with Crippen LogP contribution in [-0.4, -0.2) is 23.5 Å². The smallest absolute Gasteiger partial charge is 0.328 e. The van der Waals surface area contributed by atoms with Crippen molar-refractivity contribution in [2.24, 2.45) is 0 Å². The van der Waals surface area contributed by atoms with Gasteiger partial charge in [0, 0.05) is 10.6 Å². The normalized spacial score (nSPS) is 12.7. The number of rotatable bonds is 3.